The van der Waals surface area contributed by atoms with Gasteiger partial charge >= 0.3 is 0 Å². The number of thioether (sulfide) groups is 1. The van der Waals surface area contributed by atoms with Crippen molar-refractivity contribution in [1.82, 2.24) is 5.32 Å². The van der Waals surface area contributed by atoms with Crippen LogP contribution in [0.25, 0.3) is 6.08 Å². The van der Waals surface area contributed by atoms with Crippen LogP contribution >= 0.6 is 39.3 Å². The van der Waals surface area contributed by atoms with Crippen LogP contribution in [-0.4, -0.2) is 18.2 Å². The van der Waals surface area contributed by atoms with E-state index in [1.807, 2.05) is 37.3 Å². The van der Waals surface area contributed by atoms with Crippen molar-refractivity contribution >= 4 is 62.1 Å². The van der Waals surface area contributed by atoms with E-state index >= 15 is 0 Å². The van der Waals surface area contributed by atoms with E-state index in [2.05, 4.69) is 26.2 Å². The number of halogens is 2. The molecule has 128 valence electrons. The highest BCUT2D eigenvalue weighted by molar-refractivity contribution is 9.10. The second-order valence-electron chi connectivity index (χ2n) is 5.30. The molecule has 1 aliphatic rings. The maximum Gasteiger partial charge on any atom is 0.264 e. The highest BCUT2D eigenvalue weighted by Gasteiger charge is 2.24. The molecule has 0 radical (unpaired) electrons. The van der Waals surface area contributed by atoms with Crippen LogP contribution < -0.4 is 10.1 Å². The van der Waals surface area contributed by atoms with Gasteiger partial charge in [0, 0.05) is 9.50 Å². The molecule has 0 bridgehead atoms. The van der Waals surface area contributed by atoms with E-state index in [9.17, 15) is 4.79 Å². The van der Waals surface area contributed by atoms with Crippen LogP contribution in [0.1, 0.15) is 11.1 Å². The first-order chi connectivity index (χ1) is 12.0. The van der Waals surface area contributed by atoms with Crippen LogP contribution in [0.5, 0.6) is 5.75 Å². The number of amidine groups is 1. The van der Waals surface area contributed by atoms with Gasteiger partial charge in [0.05, 0.1) is 17.7 Å². The fraction of sp³-hybridized carbons (Fsp3) is 0.111. The third-order valence-corrected chi connectivity index (χ3v) is 5.57. The fourth-order valence-electron chi connectivity index (χ4n) is 2.15. The molecule has 2 aromatic rings. The summed E-state index contributed by atoms with van der Waals surface area (Å²) in [6.07, 6.45) is 1.80. The molecule has 1 fully saturated rings. The first kappa shape index (κ1) is 18.0. The molecule has 0 aromatic heterocycles. The van der Waals surface area contributed by atoms with E-state index in [1.165, 1.54) is 11.8 Å². The summed E-state index contributed by atoms with van der Waals surface area (Å²) < 4.78 is 6.11. The Morgan fingerprint density at radius 2 is 2.08 bits per heavy atom. The first-order valence-corrected chi connectivity index (χ1v) is 9.34. The van der Waals surface area contributed by atoms with Gasteiger partial charge in [0.25, 0.3) is 5.91 Å². The zero-order valence-corrected chi connectivity index (χ0v) is 16.6. The smallest absolute Gasteiger partial charge is 0.264 e. The first-order valence-electron chi connectivity index (χ1n) is 7.35. The lowest BCUT2D eigenvalue weighted by atomic mass is 10.2. The number of nitrogens with zero attached hydrogens (tertiary/aromatic N) is 1. The van der Waals surface area contributed by atoms with E-state index in [4.69, 9.17) is 16.3 Å². The molecule has 0 atom stereocenters. The number of aryl methyl sites for hydroxylation is 1. The molecular formula is C18H14BrClN2O2S. The number of carbonyl (C=O) groups is 1. The Hall–Kier alpha value is -1.76. The predicted molar refractivity (Wildman–Crippen MR) is 108 cm³/mol. The number of rotatable bonds is 3. The molecule has 2 aromatic carbocycles. The Labute approximate surface area is 163 Å². The van der Waals surface area contributed by atoms with E-state index in [0.29, 0.717) is 20.8 Å². The van der Waals surface area contributed by atoms with Crippen molar-refractivity contribution in [3.8, 4) is 5.75 Å². The number of amides is 1. The Morgan fingerprint density at radius 1 is 1.28 bits per heavy atom. The third kappa shape index (κ3) is 4.26. The van der Waals surface area contributed by atoms with Crippen molar-refractivity contribution in [3.05, 3.63) is 61.9 Å². The van der Waals surface area contributed by atoms with E-state index in [0.717, 1.165) is 21.3 Å². The molecule has 0 aliphatic carbocycles. The maximum atomic E-state index is 12.2. The highest BCUT2D eigenvalue weighted by atomic mass is 79.9. The minimum absolute atomic E-state index is 0.184. The van der Waals surface area contributed by atoms with Crippen molar-refractivity contribution < 1.29 is 9.53 Å². The summed E-state index contributed by atoms with van der Waals surface area (Å²) in [5.41, 5.74) is 2.54. The van der Waals surface area contributed by atoms with Gasteiger partial charge < -0.3 is 10.1 Å². The monoisotopic (exact) mass is 436 g/mol. The maximum absolute atomic E-state index is 12.2. The van der Waals surface area contributed by atoms with Crippen LogP contribution in [0, 0.1) is 6.92 Å². The number of methoxy groups -OCH3 is 1. The van der Waals surface area contributed by atoms with E-state index in [-0.39, 0.29) is 5.91 Å². The molecule has 1 N–H and O–H groups in total. The molecule has 1 aliphatic heterocycles. The van der Waals surface area contributed by atoms with Crippen molar-refractivity contribution in [3.63, 3.8) is 0 Å². The lowest BCUT2D eigenvalue weighted by Gasteiger charge is -2.03. The number of hydrogen-bond acceptors (Lipinski definition) is 4. The van der Waals surface area contributed by atoms with Gasteiger partial charge in [0.2, 0.25) is 0 Å². The van der Waals surface area contributed by atoms with E-state index < -0.39 is 0 Å². The number of hydrogen-bond donors (Lipinski definition) is 1. The second-order valence-corrected chi connectivity index (χ2v) is 7.59. The topological polar surface area (TPSA) is 50.7 Å². The number of nitrogens with one attached hydrogen (secondary N) is 1. The van der Waals surface area contributed by atoms with Crippen molar-refractivity contribution in [1.29, 1.82) is 0 Å². The number of ether oxygens (including phenoxy) is 1. The minimum Gasteiger partial charge on any atom is -0.497 e. The van der Waals surface area contributed by atoms with Crippen molar-refractivity contribution in [2.75, 3.05) is 7.11 Å². The summed E-state index contributed by atoms with van der Waals surface area (Å²) in [5, 5.41) is 3.94. The Morgan fingerprint density at radius 3 is 2.80 bits per heavy atom. The van der Waals surface area contributed by atoms with Gasteiger partial charge in [-0.1, -0.05) is 33.6 Å². The normalized spacial score (nSPS) is 17.2. The SMILES string of the molecule is COc1ccc(Br)c(/C=C2/SC(=Nc3ccc(C)c(Cl)c3)NC2=O)c1. The zero-order chi connectivity index (χ0) is 18.0. The quantitative estimate of drug-likeness (QED) is 0.662. The molecule has 7 heteroatoms. The number of aliphatic imine (C=N–C) groups is 1. The molecular weight excluding hydrogens is 424 g/mol. The average molecular weight is 438 g/mol. The molecule has 4 nitrogen and oxygen atoms in total. The molecule has 1 amide bonds. The summed E-state index contributed by atoms with van der Waals surface area (Å²) in [7, 11) is 1.61. The van der Waals surface area contributed by atoms with Gasteiger partial charge in [0.15, 0.2) is 5.17 Å². The minimum atomic E-state index is -0.184. The van der Waals surface area contributed by atoms with Crippen molar-refractivity contribution in [2.45, 2.75) is 6.92 Å². The molecule has 3 rings (SSSR count). The van der Waals surface area contributed by atoms with Crippen LogP contribution in [0.2, 0.25) is 5.02 Å². The molecule has 25 heavy (non-hydrogen) atoms. The van der Waals surface area contributed by atoms with E-state index in [1.54, 1.807) is 19.3 Å². The van der Waals surface area contributed by atoms with Gasteiger partial charge in [-0.25, -0.2) is 4.99 Å². The summed E-state index contributed by atoms with van der Waals surface area (Å²) in [6.45, 7) is 1.93. The molecule has 0 spiro atoms. The van der Waals surface area contributed by atoms with Gasteiger partial charge in [-0.05, 0) is 66.2 Å². The number of benzene rings is 2. The number of carbonyl (C=O) groups excluding carboxylic acids is 1. The summed E-state index contributed by atoms with van der Waals surface area (Å²) in [5.74, 6) is 0.540. The fourth-order valence-corrected chi connectivity index (χ4v) is 3.52. The standard InChI is InChI=1S/C18H14BrClN2O2S/c1-10-3-4-12(9-15(10)20)21-18-22-17(23)16(25-18)8-11-7-13(24-2)5-6-14(11)19/h3-9H,1-2H3,(H,21,22,23)/b16-8+. The summed E-state index contributed by atoms with van der Waals surface area (Å²) in [4.78, 5) is 17.2. The molecule has 0 saturated carbocycles. The van der Waals surface area contributed by atoms with Crippen LogP contribution in [-0.2, 0) is 4.79 Å². The molecule has 1 heterocycles. The lowest BCUT2D eigenvalue weighted by Crippen LogP contribution is -2.19. The van der Waals surface area contributed by atoms with Crippen LogP contribution in [0.3, 0.4) is 0 Å². The second kappa shape index (κ2) is 7.64. The Bertz CT molecular complexity index is 912. The highest BCUT2D eigenvalue weighted by Crippen LogP contribution is 2.32. The average Bonchev–Trinajstić information content (AvgIpc) is 2.92. The molecule has 1 saturated heterocycles. The third-order valence-electron chi connectivity index (χ3n) is 3.53. The lowest BCUT2D eigenvalue weighted by molar-refractivity contribution is -0.115. The zero-order valence-electron chi connectivity index (χ0n) is 13.5. The van der Waals surface area contributed by atoms with Gasteiger partial charge in [0.1, 0.15) is 5.75 Å². The van der Waals surface area contributed by atoms with Crippen molar-refractivity contribution in [2.24, 2.45) is 4.99 Å². The van der Waals surface area contributed by atoms with Gasteiger partial charge in [-0.2, -0.15) is 0 Å². The molecule has 0 unspecified atom stereocenters. The summed E-state index contributed by atoms with van der Waals surface area (Å²) in [6, 6.07) is 11.1. The van der Waals surface area contributed by atoms with Crippen LogP contribution in [0.4, 0.5) is 5.69 Å². The Balaban J connectivity index is 1.87. The van der Waals surface area contributed by atoms with Crippen LogP contribution in [0.15, 0.2) is 50.8 Å². The largest absolute Gasteiger partial charge is 0.497 e. The Kier molecular flexibility index (Phi) is 5.51. The summed E-state index contributed by atoms with van der Waals surface area (Å²) >= 11 is 10.9. The predicted octanol–water partition coefficient (Wildman–Crippen LogP) is 5.31. The van der Waals surface area contributed by atoms with Gasteiger partial charge in [-0.3, -0.25) is 4.79 Å². The van der Waals surface area contributed by atoms with Gasteiger partial charge in [-0.15, -0.1) is 0 Å².